The van der Waals surface area contributed by atoms with Crippen molar-refractivity contribution in [3.05, 3.63) is 70.8 Å². The van der Waals surface area contributed by atoms with Gasteiger partial charge in [-0.1, -0.05) is 36.4 Å². The third-order valence-electron chi connectivity index (χ3n) is 4.80. The number of carbonyl (C=O) groups excluding carboxylic acids is 1. The summed E-state index contributed by atoms with van der Waals surface area (Å²) in [7, 11) is 0. The van der Waals surface area contributed by atoms with E-state index < -0.39 is 29.3 Å². The molecule has 0 spiro atoms. The van der Waals surface area contributed by atoms with Crippen molar-refractivity contribution in [1.29, 1.82) is 5.26 Å². The van der Waals surface area contributed by atoms with E-state index in [0.717, 1.165) is 30.5 Å². The van der Waals surface area contributed by atoms with Gasteiger partial charge in [-0.3, -0.25) is 4.79 Å². The Bertz CT molecular complexity index is 886. The Balaban J connectivity index is 1.85. The summed E-state index contributed by atoms with van der Waals surface area (Å²) in [6, 6.07) is 12.9. The first-order valence-electron chi connectivity index (χ1n) is 8.99. The van der Waals surface area contributed by atoms with Gasteiger partial charge in [0.25, 0.3) is 0 Å². The molecule has 1 aliphatic carbocycles. The van der Waals surface area contributed by atoms with Gasteiger partial charge in [-0.25, -0.2) is 0 Å². The number of carbonyl (C=O) groups is 1. The number of nitrogens with zero attached hydrogens (tertiary/aromatic N) is 2. The number of hydrogen-bond acceptors (Lipinski definition) is 3. The van der Waals surface area contributed by atoms with Crippen LogP contribution in [0.5, 0.6) is 0 Å². The molecule has 0 aliphatic heterocycles. The summed E-state index contributed by atoms with van der Waals surface area (Å²) in [6.45, 7) is 0.885. The molecule has 1 saturated carbocycles. The third kappa shape index (κ3) is 4.70. The van der Waals surface area contributed by atoms with Crippen LogP contribution in [0.4, 0.5) is 13.2 Å². The van der Waals surface area contributed by atoms with Crippen molar-refractivity contribution in [3.63, 3.8) is 0 Å². The molecule has 28 heavy (non-hydrogen) atoms. The maximum absolute atomic E-state index is 13.2. The van der Waals surface area contributed by atoms with Gasteiger partial charge in [0.2, 0.25) is 5.91 Å². The van der Waals surface area contributed by atoms with Gasteiger partial charge in [0, 0.05) is 13.1 Å². The molecular formula is C21H20F3N3O. The molecular weight excluding hydrogens is 367 g/mol. The molecule has 3 rings (SSSR count). The summed E-state index contributed by atoms with van der Waals surface area (Å²) in [6.07, 6.45) is -2.63. The van der Waals surface area contributed by atoms with E-state index in [9.17, 15) is 18.0 Å². The minimum atomic E-state index is -4.69. The lowest BCUT2D eigenvalue weighted by molar-refractivity contribution is -0.138. The molecule has 7 heteroatoms. The molecule has 146 valence electrons. The maximum Gasteiger partial charge on any atom is 0.417 e. The molecule has 2 aromatic carbocycles. The minimum absolute atomic E-state index is 0.0465. The number of hydrogen-bond donors (Lipinski definition) is 1. The third-order valence-corrected chi connectivity index (χ3v) is 4.80. The fourth-order valence-corrected chi connectivity index (χ4v) is 3.07. The Morgan fingerprint density at radius 1 is 1.21 bits per heavy atom. The summed E-state index contributed by atoms with van der Waals surface area (Å²) in [4.78, 5) is 14.6. The first-order chi connectivity index (χ1) is 13.3. The molecule has 1 atom stereocenters. The molecule has 0 bridgehead atoms. The van der Waals surface area contributed by atoms with Gasteiger partial charge in [0.15, 0.2) is 0 Å². The van der Waals surface area contributed by atoms with Gasteiger partial charge >= 0.3 is 6.18 Å². The number of halogens is 3. The van der Waals surface area contributed by atoms with E-state index in [1.807, 2.05) is 30.3 Å². The second-order valence-corrected chi connectivity index (χ2v) is 7.04. The number of nitriles is 1. The number of alkyl halides is 3. The Morgan fingerprint density at radius 3 is 2.46 bits per heavy atom. The zero-order chi connectivity index (χ0) is 20.3. The largest absolute Gasteiger partial charge is 0.417 e. The van der Waals surface area contributed by atoms with Crippen LogP contribution >= 0.6 is 0 Å². The van der Waals surface area contributed by atoms with E-state index in [0.29, 0.717) is 19.0 Å². The highest BCUT2D eigenvalue weighted by molar-refractivity contribution is 5.83. The summed E-state index contributed by atoms with van der Waals surface area (Å²) in [5.41, 5.74) is 5.46. The van der Waals surface area contributed by atoms with Crippen molar-refractivity contribution >= 4 is 5.91 Å². The molecule has 1 aliphatic rings. The predicted octanol–water partition coefficient (Wildman–Crippen LogP) is 4.02. The minimum Gasteiger partial charge on any atom is -0.336 e. The monoisotopic (exact) mass is 387 g/mol. The van der Waals surface area contributed by atoms with E-state index in [2.05, 4.69) is 0 Å². The van der Waals surface area contributed by atoms with Crippen molar-refractivity contribution in [3.8, 4) is 6.07 Å². The van der Waals surface area contributed by atoms with Crippen LogP contribution in [0.3, 0.4) is 0 Å². The summed E-state index contributed by atoms with van der Waals surface area (Å²) in [5, 5.41) is 8.92. The lowest BCUT2D eigenvalue weighted by Gasteiger charge is -2.26. The SMILES string of the molecule is N#Cc1ccc(C(N)C(=O)N(Cc2ccccc2)CC2CC2)cc1C(F)(F)F. The molecule has 1 amide bonds. The second-order valence-electron chi connectivity index (χ2n) is 7.04. The molecule has 1 unspecified atom stereocenters. The Hall–Kier alpha value is -2.85. The molecule has 0 heterocycles. The van der Waals surface area contributed by atoms with Gasteiger partial charge in [-0.15, -0.1) is 0 Å². The van der Waals surface area contributed by atoms with Crippen LogP contribution < -0.4 is 5.73 Å². The van der Waals surface area contributed by atoms with Crippen LogP contribution in [0.2, 0.25) is 0 Å². The van der Waals surface area contributed by atoms with Crippen LogP contribution in [0.1, 0.15) is 41.1 Å². The van der Waals surface area contributed by atoms with Crippen LogP contribution in [-0.4, -0.2) is 17.4 Å². The van der Waals surface area contributed by atoms with Gasteiger partial charge in [-0.2, -0.15) is 18.4 Å². The smallest absolute Gasteiger partial charge is 0.336 e. The van der Waals surface area contributed by atoms with Crippen molar-refractivity contribution < 1.29 is 18.0 Å². The molecule has 4 nitrogen and oxygen atoms in total. The average molecular weight is 387 g/mol. The summed E-state index contributed by atoms with van der Waals surface area (Å²) in [5.74, 6) is -0.0138. The van der Waals surface area contributed by atoms with Crippen molar-refractivity contribution in [2.24, 2.45) is 11.7 Å². The van der Waals surface area contributed by atoms with Gasteiger partial charge in [-0.05, 0) is 42.0 Å². The Labute approximate surface area is 161 Å². The van der Waals surface area contributed by atoms with E-state index >= 15 is 0 Å². The molecule has 2 aromatic rings. The fourth-order valence-electron chi connectivity index (χ4n) is 3.07. The lowest BCUT2D eigenvalue weighted by Crippen LogP contribution is -2.39. The molecule has 0 aromatic heterocycles. The highest BCUT2D eigenvalue weighted by atomic mass is 19.4. The summed E-state index contributed by atoms with van der Waals surface area (Å²) < 4.78 is 39.7. The standard InChI is InChI=1S/C21H20F3N3O/c22-21(23,24)18-10-16(8-9-17(18)11-25)19(26)20(28)27(13-15-6-7-15)12-14-4-2-1-3-5-14/h1-5,8-10,15,19H,6-7,12-13,26H2. The predicted molar refractivity (Wildman–Crippen MR) is 97.7 cm³/mol. The molecule has 0 radical (unpaired) electrons. The van der Waals surface area contributed by atoms with E-state index in [1.54, 1.807) is 4.90 Å². The van der Waals surface area contributed by atoms with Gasteiger partial charge < -0.3 is 10.6 Å². The summed E-state index contributed by atoms with van der Waals surface area (Å²) >= 11 is 0. The quantitative estimate of drug-likeness (QED) is 0.814. The zero-order valence-corrected chi connectivity index (χ0v) is 15.1. The van der Waals surface area contributed by atoms with Crippen molar-refractivity contribution in [1.82, 2.24) is 4.90 Å². The fraction of sp³-hybridized carbons (Fsp3) is 0.333. The number of benzene rings is 2. The molecule has 2 N–H and O–H groups in total. The van der Waals surface area contributed by atoms with Crippen LogP contribution in [0, 0.1) is 17.2 Å². The average Bonchev–Trinajstić information content (AvgIpc) is 3.50. The van der Waals surface area contributed by atoms with Crippen molar-refractivity contribution in [2.45, 2.75) is 31.6 Å². The number of amides is 1. The maximum atomic E-state index is 13.2. The molecule has 0 saturated heterocycles. The van der Waals surface area contributed by atoms with Crippen LogP contribution in [0.15, 0.2) is 48.5 Å². The van der Waals surface area contributed by atoms with E-state index in [4.69, 9.17) is 11.0 Å². The lowest BCUT2D eigenvalue weighted by atomic mass is 9.99. The van der Waals surface area contributed by atoms with Crippen LogP contribution in [0.25, 0.3) is 0 Å². The van der Waals surface area contributed by atoms with Crippen molar-refractivity contribution in [2.75, 3.05) is 6.54 Å². The normalized spacial score (nSPS) is 15.0. The van der Waals surface area contributed by atoms with Gasteiger partial charge in [0.1, 0.15) is 6.04 Å². The number of nitrogens with two attached hydrogens (primary N) is 1. The first kappa shape index (κ1) is 19.9. The highest BCUT2D eigenvalue weighted by Crippen LogP contribution is 2.34. The Morgan fingerprint density at radius 2 is 1.89 bits per heavy atom. The zero-order valence-electron chi connectivity index (χ0n) is 15.1. The van der Waals surface area contributed by atoms with Gasteiger partial charge in [0.05, 0.1) is 17.2 Å². The van der Waals surface area contributed by atoms with E-state index in [1.165, 1.54) is 12.1 Å². The second kappa shape index (κ2) is 8.03. The highest BCUT2D eigenvalue weighted by Gasteiger charge is 2.35. The molecule has 1 fully saturated rings. The Kier molecular flexibility index (Phi) is 5.71. The van der Waals surface area contributed by atoms with Crippen LogP contribution in [-0.2, 0) is 17.5 Å². The van der Waals surface area contributed by atoms with E-state index in [-0.39, 0.29) is 5.56 Å². The first-order valence-corrected chi connectivity index (χ1v) is 8.99. The number of rotatable bonds is 6. The topological polar surface area (TPSA) is 70.1 Å².